The average Bonchev–Trinajstić information content (AvgIpc) is 2.29. The van der Waals surface area contributed by atoms with Crippen LogP contribution in [0, 0.1) is 11.3 Å². The van der Waals surface area contributed by atoms with Crippen LogP contribution in [0.15, 0.2) is 36.9 Å². The number of benzene rings is 1. The zero-order valence-electron chi connectivity index (χ0n) is 8.29. The molecule has 0 aliphatic heterocycles. The first kappa shape index (κ1) is 9.93. The molecule has 0 radical (unpaired) electrons. The highest BCUT2D eigenvalue weighted by Crippen LogP contribution is 2.23. The van der Waals surface area contributed by atoms with Crippen LogP contribution in [-0.2, 0) is 0 Å². The van der Waals surface area contributed by atoms with Crippen LogP contribution in [0.4, 0.5) is 5.69 Å². The quantitative estimate of drug-likeness (QED) is 0.766. The first-order valence-electron chi connectivity index (χ1n) is 4.51. The van der Waals surface area contributed by atoms with Crippen LogP contribution in [0.25, 0.3) is 0 Å². The van der Waals surface area contributed by atoms with Crippen LogP contribution >= 0.6 is 0 Å². The summed E-state index contributed by atoms with van der Waals surface area (Å²) in [5, 5.41) is 8.77. The van der Waals surface area contributed by atoms with E-state index in [9.17, 15) is 0 Å². The van der Waals surface area contributed by atoms with E-state index in [4.69, 9.17) is 15.7 Å². The molecule has 0 atom stereocenters. The molecule has 78 valence electrons. The van der Waals surface area contributed by atoms with Gasteiger partial charge in [0.1, 0.15) is 12.1 Å². The molecule has 0 fully saturated rings. The van der Waals surface area contributed by atoms with Crippen molar-refractivity contribution in [3.8, 4) is 17.6 Å². The van der Waals surface area contributed by atoms with Crippen molar-refractivity contribution >= 4 is 5.69 Å². The molecule has 5 nitrogen and oxygen atoms in total. The second-order valence-electron chi connectivity index (χ2n) is 3.08. The molecule has 0 aliphatic carbocycles. The van der Waals surface area contributed by atoms with Gasteiger partial charge in [-0.15, -0.1) is 0 Å². The Hall–Kier alpha value is -2.61. The van der Waals surface area contributed by atoms with E-state index in [1.807, 2.05) is 6.07 Å². The van der Waals surface area contributed by atoms with E-state index in [1.54, 1.807) is 18.2 Å². The topological polar surface area (TPSA) is 84.8 Å². The third-order valence-electron chi connectivity index (χ3n) is 1.83. The van der Waals surface area contributed by atoms with Crippen molar-refractivity contribution in [2.75, 3.05) is 5.73 Å². The minimum Gasteiger partial charge on any atom is -0.454 e. The van der Waals surface area contributed by atoms with Gasteiger partial charge in [-0.25, -0.2) is 9.97 Å². The molecule has 0 amide bonds. The van der Waals surface area contributed by atoms with Gasteiger partial charge in [0.2, 0.25) is 0 Å². The number of rotatable bonds is 2. The van der Waals surface area contributed by atoms with Crippen LogP contribution in [0.2, 0.25) is 0 Å². The molecule has 0 aliphatic rings. The summed E-state index contributed by atoms with van der Waals surface area (Å²) in [6.45, 7) is 0. The molecule has 0 bridgehead atoms. The Kier molecular flexibility index (Phi) is 2.65. The Labute approximate surface area is 92.1 Å². The number of nitrogens with zero attached hydrogens (tertiary/aromatic N) is 3. The van der Waals surface area contributed by atoms with Gasteiger partial charge in [0.05, 0.1) is 24.0 Å². The lowest BCUT2D eigenvalue weighted by Crippen LogP contribution is -1.91. The van der Waals surface area contributed by atoms with Crippen molar-refractivity contribution in [2.24, 2.45) is 0 Å². The standard InChI is InChI=1S/C11H8N4O/c12-4-8-1-9(13)3-10(2-8)16-11-5-14-7-15-6-11/h1-3,5-7H,13H2. The summed E-state index contributed by atoms with van der Waals surface area (Å²) in [5.41, 5.74) is 6.55. The maximum atomic E-state index is 8.77. The van der Waals surface area contributed by atoms with Crippen LogP contribution in [-0.4, -0.2) is 9.97 Å². The Morgan fingerprint density at radius 3 is 2.56 bits per heavy atom. The van der Waals surface area contributed by atoms with Gasteiger partial charge in [-0.2, -0.15) is 5.26 Å². The Morgan fingerprint density at radius 1 is 1.12 bits per heavy atom. The molecule has 0 saturated heterocycles. The molecule has 2 rings (SSSR count). The number of nitrogen functional groups attached to an aromatic ring is 1. The summed E-state index contributed by atoms with van der Waals surface area (Å²) in [7, 11) is 0. The number of nitrogens with two attached hydrogens (primary N) is 1. The predicted molar refractivity (Wildman–Crippen MR) is 57.7 cm³/mol. The second kappa shape index (κ2) is 4.28. The van der Waals surface area contributed by atoms with Crippen molar-refractivity contribution in [3.05, 3.63) is 42.5 Å². The van der Waals surface area contributed by atoms with Crippen molar-refractivity contribution < 1.29 is 4.74 Å². The number of nitriles is 1. The van der Waals surface area contributed by atoms with Gasteiger partial charge < -0.3 is 10.5 Å². The van der Waals surface area contributed by atoms with Crippen LogP contribution in [0.3, 0.4) is 0 Å². The minimum atomic E-state index is 0.451. The molecular formula is C11H8N4O. The van der Waals surface area contributed by atoms with Gasteiger partial charge in [0.25, 0.3) is 0 Å². The highest BCUT2D eigenvalue weighted by Gasteiger charge is 2.01. The molecule has 1 aromatic carbocycles. The normalized spacial score (nSPS) is 9.44. The number of hydrogen-bond donors (Lipinski definition) is 1. The average molecular weight is 212 g/mol. The maximum Gasteiger partial charge on any atom is 0.163 e. The highest BCUT2D eigenvalue weighted by molar-refractivity contribution is 5.52. The Morgan fingerprint density at radius 2 is 1.88 bits per heavy atom. The fourth-order valence-corrected chi connectivity index (χ4v) is 1.22. The molecule has 2 aromatic rings. The summed E-state index contributed by atoms with van der Waals surface area (Å²) >= 11 is 0. The van der Waals surface area contributed by atoms with Crippen molar-refractivity contribution in [2.45, 2.75) is 0 Å². The smallest absolute Gasteiger partial charge is 0.163 e. The lowest BCUT2D eigenvalue weighted by atomic mass is 10.2. The van der Waals surface area contributed by atoms with Crippen LogP contribution in [0.1, 0.15) is 5.56 Å². The summed E-state index contributed by atoms with van der Waals surface area (Å²) in [4.78, 5) is 7.63. The fraction of sp³-hybridized carbons (Fsp3) is 0. The number of aromatic nitrogens is 2. The third-order valence-corrected chi connectivity index (χ3v) is 1.83. The Bertz CT molecular complexity index is 533. The second-order valence-corrected chi connectivity index (χ2v) is 3.08. The van der Waals surface area contributed by atoms with Crippen molar-refractivity contribution in [1.82, 2.24) is 9.97 Å². The van der Waals surface area contributed by atoms with Gasteiger partial charge in [-0.05, 0) is 12.1 Å². The largest absolute Gasteiger partial charge is 0.454 e. The van der Waals surface area contributed by atoms with Gasteiger partial charge in [0, 0.05) is 11.8 Å². The zero-order chi connectivity index (χ0) is 11.4. The first-order chi connectivity index (χ1) is 7.78. The minimum absolute atomic E-state index is 0.451. The molecule has 5 heteroatoms. The number of ether oxygens (including phenoxy) is 1. The van der Waals surface area contributed by atoms with Gasteiger partial charge in [-0.1, -0.05) is 0 Å². The first-order valence-corrected chi connectivity index (χ1v) is 4.51. The van der Waals surface area contributed by atoms with Crippen molar-refractivity contribution in [3.63, 3.8) is 0 Å². The van der Waals surface area contributed by atoms with E-state index in [2.05, 4.69) is 9.97 Å². The molecule has 2 N–H and O–H groups in total. The molecular weight excluding hydrogens is 204 g/mol. The predicted octanol–water partition coefficient (Wildman–Crippen LogP) is 1.72. The summed E-state index contributed by atoms with van der Waals surface area (Å²) in [6.07, 6.45) is 4.47. The third kappa shape index (κ3) is 2.25. The van der Waals surface area contributed by atoms with Crippen LogP contribution < -0.4 is 10.5 Å². The molecule has 0 spiro atoms. The van der Waals surface area contributed by atoms with E-state index in [1.165, 1.54) is 18.7 Å². The molecule has 0 unspecified atom stereocenters. The maximum absolute atomic E-state index is 8.77. The summed E-state index contributed by atoms with van der Waals surface area (Å²) < 4.78 is 5.45. The molecule has 1 aromatic heterocycles. The van der Waals surface area contributed by atoms with E-state index in [-0.39, 0.29) is 0 Å². The molecule has 16 heavy (non-hydrogen) atoms. The van der Waals surface area contributed by atoms with E-state index < -0.39 is 0 Å². The van der Waals surface area contributed by atoms with E-state index in [0.29, 0.717) is 22.7 Å². The van der Waals surface area contributed by atoms with Gasteiger partial charge >= 0.3 is 0 Å². The van der Waals surface area contributed by atoms with Crippen molar-refractivity contribution in [1.29, 1.82) is 5.26 Å². The number of hydrogen-bond acceptors (Lipinski definition) is 5. The molecule has 0 saturated carbocycles. The van der Waals surface area contributed by atoms with Gasteiger partial charge in [-0.3, -0.25) is 0 Å². The van der Waals surface area contributed by atoms with E-state index in [0.717, 1.165) is 0 Å². The monoisotopic (exact) mass is 212 g/mol. The van der Waals surface area contributed by atoms with Gasteiger partial charge in [0.15, 0.2) is 5.75 Å². The lowest BCUT2D eigenvalue weighted by molar-refractivity contribution is 0.477. The summed E-state index contributed by atoms with van der Waals surface area (Å²) in [5.74, 6) is 0.989. The van der Waals surface area contributed by atoms with Crippen LogP contribution in [0.5, 0.6) is 11.5 Å². The lowest BCUT2D eigenvalue weighted by Gasteiger charge is -2.05. The Balaban J connectivity index is 2.29. The number of anilines is 1. The fourth-order valence-electron chi connectivity index (χ4n) is 1.22. The highest BCUT2D eigenvalue weighted by atomic mass is 16.5. The zero-order valence-corrected chi connectivity index (χ0v) is 8.29. The summed E-state index contributed by atoms with van der Waals surface area (Å²) in [6, 6.07) is 6.81. The molecule has 1 heterocycles. The van der Waals surface area contributed by atoms with E-state index >= 15 is 0 Å². The SMILES string of the molecule is N#Cc1cc(N)cc(Oc2cncnc2)c1.